The van der Waals surface area contributed by atoms with Crippen LogP contribution in [0.3, 0.4) is 0 Å². The first-order chi connectivity index (χ1) is 11.6. The molecule has 0 aromatic carbocycles. The van der Waals surface area contributed by atoms with Crippen molar-refractivity contribution in [2.75, 3.05) is 19.0 Å². The van der Waals surface area contributed by atoms with Gasteiger partial charge in [0.15, 0.2) is 6.10 Å². The van der Waals surface area contributed by atoms with Crippen LogP contribution in [0, 0.1) is 0 Å². The Balaban J connectivity index is 1.86. The van der Waals surface area contributed by atoms with E-state index in [0.29, 0.717) is 12.3 Å². The van der Waals surface area contributed by atoms with Crippen LogP contribution in [0.1, 0.15) is 24.1 Å². The van der Waals surface area contributed by atoms with Gasteiger partial charge in [0.1, 0.15) is 6.61 Å². The van der Waals surface area contributed by atoms with Crippen molar-refractivity contribution in [3.8, 4) is 0 Å². The molecule has 0 saturated carbocycles. The highest BCUT2D eigenvalue weighted by atomic mass is 16.5. The molecule has 24 heavy (non-hydrogen) atoms. The number of carbonyl (C=O) groups excluding carboxylic acids is 2. The Morgan fingerprint density at radius 1 is 1.46 bits per heavy atom. The molecule has 0 radical (unpaired) electrons. The Labute approximate surface area is 138 Å². The van der Waals surface area contributed by atoms with Crippen LogP contribution in [0.4, 0.5) is 5.88 Å². The Morgan fingerprint density at radius 2 is 2.29 bits per heavy atom. The molecule has 126 valence electrons. The van der Waals surface area contributed by atoms with E-state index in [2.05, 4.69) is 15.5 Å². The van der Waals surface area contributed by atoms with E-state index in [1.807, 2.05) is 13.0 Å². The second-order valence-corrected chi connectivity index (χ2v) is 5.49. The lowest BCUT2D eigenvalue weighted by atomic mass is 9.99. The van der Waals surface area contributed by atoms with Crippen molar-refractivity contribution < 1.29 is 18.8 Å². The zero-order chi connectivity index (χ0) is 17.1. The third kappa shape index (κ3) is 3.00. The lowest BCUT2D eigenvalue weighted by Gasteiger charge is -2.37. The molecule has 0 aliphatic carbocycles. The van der Waals surface area contributed by atoms with Gasteiger partial charge in [0.05, 0.1) is 12.2 Å². The molecule has 1 aliphatic rings. The predicted octanol–water partition coefficient (Wildman–Crippen LogP) is 1.17. The first kappa shape index (κ1) is 16.1. The smallest absolute Gasteiger partial charge is 0.258 e. The van der Waals surface area contributed by atoms with Crippen LogP contribution in [-0.4, -0.2) is 46.6 Å². The summed E-state index contributed by atoms with van der Waals surface area (Å²) in [7, 11) is 1.65. The Hall–Kier alpha value is -2.74. The van der Waals surface area contributed by atoms with Gasteiger partial charge in [-0.25, -0.2) is 0 Å². The fourth-order valence-corrected chi connectivity index (χ4v) is 2.68. The number of nitrogens with zero attached hydrogens (tertiary/aromatic N) is 3. The molecule has 2 amide bonds. The van der Waals surface area contributed by atoms with Crippen LogP contribution in [0.15, 0.2) is 35.2 Å². The quantitative estimate of drug-likeness (QED) is 0.904. The van der Waals surface area contributed by atoms with Gasteiger partial charge in [0.25, 0.3) is 5.91 Å². The molecule has 2 atom stereocenters. The minimum Gasteiger partial charge on any atom is -0.356 e. The number of hydrogen-bond donors (Lipinski definition) is 1. The second-order valence-electron chi connectivity index (χ2n) is 5.49. The number of rotatable bonds is 4. The number of pyridine rings is 1. The standard InChI is InChI=1S/C16H18N4O4/c1-3-10-8-18-24-16(10)19-15(22)14-13(11-5-4-6-17-7-11)20(2)12(21)9-23-14/h4-8,13-14H,3,9H2,1-2H3,(H,19,22)/t13-,14+/m0/s1. The van der Waals surface area contributed by atoms with Crippen LogP contribution in [0.25, 0.3) is 0 Å². The van der Waals surface area contributed by atoms with Gasteiger partial charge in [-0.05, 0) is 18.1 Å². The molecule has 2 aromatic rings. The van der Waals surface area contributed by atoms with E-state index in [1.165, 1.54) is 4.90 Å². The summed E-state index contributed by atoms with van der Waals surface area (Å²) >= 11 is 0. The van der Waals surface area contributed by atoms with E-state index in [9.17, 15) is 9.59 Å². The minimum atomic E-state index is -0.869. The zero-order valence-corrected chi connectivity index (χ0v) is 13.4. The molecular weight excluding hydrogens is 312 g/mol. The molecular formula is C16H18N4O4. The van der Waals surface area contributed by atoms with Crippen molar-refractivity contribution >= 4 is 17.7 Å². The number of aromatic nitrogens is 2. The van der Waals surface area contributed by atoms with Crippen LogP contribution in [0.5, 0.6) is 0 Å². The number of anilines is 1. The van der Waals surface area contributed by atoms with E-state index in [4.69, 9.17) is 9.26 Å². The SMILES string of the molecule is CCc1cnoc1NC(=O)[C@@H]1OCC(=O)N(C)[C@H]1c1cccnc1. The third-order valence-corrected chi connectivity index (χ3v) is 4.03. The summed E-state index contributed by atoms with van der Waals surface area (Å²) in [4.78, 5) is 30.2. The van der Waals surface area contributed by atoms with E-state index in [1.54, 1.807) is 31.7 Å². The van der Waals surface area contributed by atoms with Crippen LogP contribution >= 0.6 is 0 Å². The monoisotopic (exact) mass is 330 g/mol. The zero-order valence-electron chi connectivity index (χ0n) is 13.4. The fraction of sp³-hybridized carbons (Fsp3) is 0.375. The highest BCUT2D eigenvalue weighted by Crippen LogP contribution is 2.29. The molecule has 2 aromatic heterocycles. The lowest BCUT2D eigenvalue weighted by molar-refractivity contribution is -0.160. The normalized spacial score (nSPS) is 20.9. The molecule has 0 bridgehead atoms. The Morgan fingerprint density at radius 3 is 3.00 bits per heavy atom. The van der Waals surface area contributed by atoms with Gasteiger partial charge in [0.2, 0.25) is 11.8 Å². The summed E-state index contributed by atoms with van der Waals surface area (Å²) in [5.41, 5.74) is 1.52. The van der Waals surface area contributed by atoms with E-state index in [-0.39, 0.29) is 12.5 Å². The molecule has 3 heterocycles. The van der Waals surface area contributed by atoms with Gasteiger partial charge in [-0.1, -0.05) is 18.1 Å². The van der Waals surface area contributed by atoms with Crippen LogP contribution in [-0.2, 0) is 20.7 Å². The lowest BCUT2D eigenvalue weighted by Crippen LogP contribution is -2.51. The topological polar surface area (TPSA) is 97.6 Å². The van der Waals surface area contributed by atoms with E-state index >= 15 is 0 Å². The maximum absolute atomic E-state index is 12.7. The summed E-state index contributed by atoms with van der Waals surface area (Å²) in [6.45, 7) is 1.78. The maximum Gasteiger partial charge on any atom is 0.258 e. The summed E-state index contributed by atoms with van der Waals surface area (Å²) in [6.07, 6.45) is 4.62. The van der Waals surface area contributed by atoms with Crippen molar-refractivity contribution in [3.05, 3.63) is 41.9 Å². The van der Waals surface area contributed by atoms with E-state index < -0.39 is 18.1 Å². The van der Waals surface area contributed by atoms with Gasteiger partial charge in [-0.3, -0.25) is 19.9 Å². The number of morpholine rings is 1. The van der Waals surface area contributed by atoms with Gasteiger partial charge < -0.3 is 14.2 Å². The highest BCUT2D eigenvalue weighted by molar-refractivity contribution is 5.95. The van der Waals surface area contributed by atoms with Crippen LogP contribution < -0.4 is 5.32 Å². The third-order valence-electron chi connectivity index (χ3n) is 4.03. The number of nitrogens with one attached hydrogen (secondary N) is 1. The highest BCUT2D eigenvalue weighted by Gasteiger charge is 2.40. The summed E-state index contributed by atoms with van der Waals surface area (Å²) < 4.78 is 10.6. The molecule has 0 spiro atoms. The summed E-state index contributed by atoms with van der Waals surface area (Å²) in [5.74, 6) is -0.285. The predicted molar refractivity (Wildman–Crippen MR) is 84.0 cm³/mol. The molecule has 0 unspecified atom stereocenters. The molecule has 1 fully saturated rings. The molecule has 1 saturated heterocycles. The summed E-state index contributed by atoms with van der Waals surface area (Å²) in [6, 6.07) is 3.00. The van der Waals surface area contributed by atoms with Crippen molar-refractivity contribution in [2.24, 2.45) is 0 Å². The molecule has 8 heteroatoms. The van der Waals surface area contributed by atoms with Gasteiger partial charge in [0, 0.05) is 25.0 Å². The van der Waals surface area contributed by atoms with Crippen molar-refractivity contribution in [1.82, 2.24) is 15.0 Å². The van der Waals surface area contributed by atoms with Gasteiger partial charge in [-0.2, -0.15) is 0 Å². The fourth-order valence-electron chi connectivity index (χ4n) is 2.68. The largest absolute Gasteiger partial charge is 0.356 e. The number of carbonyl (C=O) groups is 2. The number of aryl methyl sites for hydroxylation is 1. The van der Waals surface area contributed by atoms with Crippen molar-refractivity contribution in [2.45, 2.75) is 25.5 Å². The number of hydrogen-bond acceptors (Lipinski definition) is 6. The van der Waals surface area contributed by atoms with Crippen molar-refractivity contribution in [1.29, 1.82) is 0 Å². The number of likely N-dealkylation sites (N-methyl/N-ethyl adjacent to an activating group) is 1. The number of ether oxygens (including phenoxy) is 1. The van der Waals surface area contributed by atoms with E-state index in [0.717, 1.165) is 11.1 Å². The summed E-state index contributed by atoms with van der Waals surface area (Å²) in [5, 5.41) is 6.39. The maximum atomic E-state index is 12.7. The average Bonchev–Trinajstić information content (AvgIpc) is 3.05. The van der Waals surface area contributed by atoms with Crippen molar-refractivity contribution in [3.63, 3.8) is 0 Å². The number of amides is 2. The molecule has 1 N–H and O–H groups in total. The Kier molecular flexibility index (Phi) is 4.57. The first-order valence-corrected chi connectivity index (χ1v) is 7.63. The first-order valence-electron chi connectivity index (χ1n) is 7.63. The van der Waals surface area contributed by atoms with Gasteiger partial charge >= 0.3 is 0 Å². The van der Waals surface area contributed by atoms with Crippen LogP contribution in [0.2, 0.25) is 0 Å². The molecule has 3 rings (SSSR count). The Bertz CT molecular complexity index is 731. The molecule has 1 aliphatic heterocycles. The average molecular weight is 330 g/mol. The second kappa shape index (κ2) is 6.79. The molecule has 8 nitrogen and oxygen atoms in total. The van der Waals surface area contributed by atoms with Gasteiger partial charge in [-0.15, -0.1) is 0 Å². The minimum absolute atomic E-state index is 0.150.